The molecule has 0 aliphatic carbocycles. The maximum Gasteiger partial charge on any atom is 0.246 e. The Morgan fingerprint density at radius 3 is 1.86 bits per heavy atom. The van der Waals surface area contributed by atoms with Crippen molar-refractivity contribution < 1.29 is 14.3 Å². The van der Waals surface area contributed by atoms with Gasteiger partial charge in [-0.3, -0.25) is 9.59 Å². The first-order chi connectivity index (χ1) is 17.9. The van der Waals surface area contributed by atoms with E-state index in [1.165, 1.54) is 5.69 Å². The molecule has 2 aromatic rings. The standard InChI is InChI=1S/C30H36BrN3O3/c1-19-9-11-25-30(36)34-26(29(35)33(25)27(19)21-5-3-7-23(31)17-21)12-10-20(2)28(34)22-6-4-8-24(18-22)32-13-15-37-16-14-32/h3-8,17-20,25-28H,9-16H2,1-2H3/t19-,20-,25+,26+,27-,28-/m1/s1. The van der Waals surface area contributed by atoms with Crippen LogP contribution in [0.5, 0.6) is 0 Å². The number of morpholine rings is 1. The molecular weight excluding hydrogens is 530 g/mol. The zero-order valence-electron chi connectivity index (χ0n) is 21.7. The molecule has 4 fully saturated rings. The van der Waals surface area contributed by atoms with Crippen LogP contribution in [-0.4, -0.2) is 60.0 Å². The van der Waals surface area contributed by atoms with Crippen molar-refractivity contribution in [1.82, 2.24) is 9.80 Å². The fourth-order valence-electron chi connectivity index (χ4n) is 7.18. The zero-order valence-corrected chi connectivity index (χ0v) is 23.3. The maximum absolute atomic E-state index is 14.3. The van der Waals surface area contributed by atoms with E-state index in [1.54, 1.807) is 0 Å². The summed E-state index contributed by atoms with van der Waals surface area (Å²) in [5.41, 5.74) is 3.43. The summed E-state index contributed by atoms with van der Waals surface area (Å²) < 4.78 is 6.55. The Morgan fingerprint density at radius 1 is 0.757 bits per heavy atom. The molecule has 0 radical (unpaired) electrons. The number of halogens is 1. The van der Waals surface area contributed by atoms with Crippen LogP contribution >= 0.6 is 15.9 Å². The summed E-state index contributed by atoms with van der Waals surface area (Å²) in [4.78, 5) is 34.9. The van der Waals surface area contributed by atoms with Gasteiger partial charge in [0.2, 0.25) is 11.8 Å². The number of hydrogen-bond donors (Lipinski definition) is 0. The molecule has 0 N–H and O–H groups in total. The third kappa shape index (κ3) is 4.38. The highest BCUT2D eigenvalue weighted by Crippen LogP contribution is 2.48. The van der Waals surface area contributed by atoms with Gasteiger partial charge in [0.05, 0.1) is 25.3 Å². The monoisotopic (exact) mass is 565 g/mol. The topological polar surface area (TPSA) is 53.1 Å². The lowest BCUT2D eigenvalue weighted by Crippen LogP contribution is -2.69. The average molecular weight is 567 g/mol. The molecule has 4 saturated heterocycles. The summed E-state index contributed by atoms with van der Waals surface area (Å²) in [6, 6.07) is 15.9. The number of piperazine rings is 1. The number of benzene rings is 2. The minimum atomic E-state index is -0.392. The van der Waals surface area contributed by atoms with E-state index in [2.05, 4.69) is 71.1 Å². The van der Waals surface area contributed by atoms with Gasteiger partial charge in [-0.1, -0.05) is 54.0 Å². The number of fused-ring (bicyclic) bond motifs is 2. The van der Waals surface area contributed by atoms with Crippen LogP contribution < -0.4 is 4.90 Å². The first-order valence-corrected chi connectivity index (χ1v) is 14.6. The number of carbonyl (C=O) groups excluding carboxylic acids is 2. The van der Waals surface area contributed by atoms with Gasteiger partial charge in [0.25, 0.3) is 0 Å². The highest BCUT2D eigenvalue weighted by atomic mass is 79.9. The molecule has 2 aromatic carbocycles. The van der Waals surface area contributed by atoms with Crippen molar-refractivity contribution in [1.29, 1.82) is 0 Å². The summed E-state index contributed by atoms with van der Waals surface area (Å²) in [5.74, 6) is 0.854. The van der Waals surface area contributed by atoms with E-state index in [1.807, 2.05) is 21.9 Å². The number of carbonyl (C=O) groups is 2. The zero-order chi connectivity index (χ0) is 25.7. The molecule has 0 saturated carbocycles. The molecule has 0 unspecified atom stereocenters. The van der Waals surface area contributed by atoms with Gasteiger partial charge in [0, 0.05) is 23.2 Å². The van der Waals surface area contributed by atoms with Gasteiger partial charge in [-0.2, -0.15) is 0 Å². The Hall–Kier alpha value is -2.38. The predicted molar refractivity (Wildman–Crippen MR) is 147 cm³/mol. The van der Waals surface area contributed by atoms with Crippen molar-refractivity contribution in [3.05, 3.63) is 64.1 Å². The highest BCUT2D eigenvalue weighted by molar-refractivity contribution is 9.10. The molecule has 6 atom stereocenters. The maximum atomic E-state index is 14.3. The summed E-state index contributed by atoms with van der Waals surface area (Å²) >= 11 is 3.60. The molecular formula is C30H36BrN3O3. The second-order valence-electron chi connectivity index (χ2n) is 11.3. The second-order valence-corrected chi connectivity index (χ2v) is 12.2. The van der Waals surface area contributed by atoms with Crippen molar-refractivity contribution in [3.8, 4) is 0 Å². The number of hydrogen-bond acceptors (Lipinski definition) is 4. The van der Waals surface area contributed by atoms with Gasteiger partial charge in [-0.15, -0.1) is 0 Å². The summed E-state index contributed by atoms with van der Waals surface area (Å²) in [6.45, 7) is 7.68. The van der Waals surface area contributed by atoms with Crippen LogP contribution in [0.25, 0.3) is 0 Å². The number of nitrogens with zero attached hydrogens (tertiary/aromatic N) is 3. The van der Waals surface area contributed by atoms with E-state index >= 15 is 0 Å². The summed E-state index contributed by atoms with van der Waals surface area (Å²) in [5, 5.41) is 0. The minimum Gasteiger partial charge on any atom is -0.378 e. The second kappa shape index (κ2) is 10.1. The fourth-order valence-corrected chi connectivity index (χ4v) is 7.59. The lowest BCUT2D eigenvalue weighted by Gasteiger charge is -2.56. The summed E-state index contributed by atoms with van der Waals surface area (Å²) in [7, 11) is 0. The highest BCUT2D eigenvalue weighted by Gasteiger charge is 2.55. The molecule has 4 aliphatic heterocycles. The Morgan fingerprint density at radius 2 is 1.30 bits per heavy atom. The molecule has 0 spiro atoms. The number of amides is 2. The average Bonchev–Trinajstić information content (AvgIpc) is 2.92. The third-order valence-electron chi connectivity index (χ3n) is 9.00. The predicted octanol–water partition coefficient (Wildman–Crippen LogP) is 5.34. The van der Waals surface area contributed by atoms with Crippen LogP contribution in [-0.2, 0) is 14.3 Å². The van der Waals surface area contributed by atoms with Crippen LogP contribution in [0.4, 0.5) is 5.69 Å². The number of anilines is 1. The van der Waals surface area contributed by atoms with Crippen molar-refractivity contribution in [2.75, 3.05) is 31.2 Å². The van der Waals surface area contributed by atoms with Gasteiger partial charge in [-0.25, -0.2) is 0 Å². The lowest BCUT2D eigenvalue weighted by atomic mass is 9.76. The fraction of sp³-hybridized carbons (Fsp3) is 0.533. The van der Waals surface area contributed by atoms with E-state index < -0.39 is 6.04 Å². The van der Waals surface area contributed by atoms with E-state index in [4.69, 9.17) is 4.74 Å². The molecule has 6 nitrogen and oxygen atoms in total. The van der Waals surface area contributed by atoms with E-state index in [9.17, 15) is 9.59 Å². The lowest BCUT2D eigenvalue weighted by molar-refractivity contribution is -0.177. The number of rotatable bonds is 3. The van der Waals surface area contributed by atoms with Crippen molar-refractivity contribution in [2.45, 2.75) is 63.7 Å². The van der Waals surface area contributed by atoms with Gasteiger partial charge in [-0.05, 0) is 72.9 Å². The van der Waals surface area contributed by atoms with Gasteiger partial charge in [0.15, 0.2) is 0 Å². The van der Waals surface area contributed by atoms with Gasteiger partial charge in [0.1, 0.15) is 12.1 Å². The number of ether oxygens (including phenoxy) is 1. The van der Waals surface area contributed by atoms with Gasteiger partial charge >= 0.3 is 0 Å². The summed E-state index contributed by atoms with van der Waals surface area (Å²) in [6.07, 6.45) is 3.33. The quantitative estimate of drug-likeness (QED) is 0.504. The first kappa shape index (κ1) is 24.9. The molecule has 0 bridgehead atoms. The molecule has 7 heteroatoms. The SMILES string of the molecule is C[C@@H]1CC[C@H]2C(=O)N3[C@@H](CC[C@@H](C)[C@@H]3c3cccc(N4CCOCC4)c3)C(=O)N2[C@H]1c1cccc(Br)c1. The molecule has 37 heavy (non-hydrogen) atoms. The molecule has 4 aliphatic rings. The van der Waals surface area contributed by atoms with Gasteiger partial charge < -0.3 is 19.4 Å². The Balaban J connectivity index is 1.35. The molecule has 2 amide bonds. The van der Waals surface area contributed by atoms with Crippen molar-refractivity contribution in [2.24, 2.45) is 11.8 Å². The van der Waals surface area contributed by atoms with Crippen LogP contribution in [0.2, 0.25) is 0 Å². The molecule has 4 heterocycles. The van der Waals surface area contributed by atoms with Crippen LogP contribution in [0.15, 0.2) is 53.0 Å². The van der Waals surface area contributed by atoms with E-state index in [0.717, 1.165) is 67.6 Å². The van der Waals surface area contributed by atoms with Crippen molar-refractivity contribution in [3.63, 3.8) is 0 Å². The smallest absolute Gasteiger partial charge is 0.246 e. The van der Waals surface area contributed by atoms with Crippen LogP contribution in [0.3, 0.4) is 0 Å². The molecule has 6 rings (SSSR count). The molecule has 0 aromatic heterocycles. The molecule has 196 valence electrons. The third-order valence-corrected chi connectivity index (χ3v) is 9.49. The first-order valence-electron chi connectivity index (χ1n) is 13.8. The Kier molecular flexibility index (Phi) is 6.78. The minimum absolute atomic E-state index is 0.0719. The van der Waals surface area contributed by atoms with Crippen LogP contribution in [0, 0.1) is 11.8 Å². The van der Waals surface area contributed by atoms with E-state index in [-0.39, 0.29) is 29.9 Å². The Labute approximate surface area is 228 Å². The normalized spacial score (nSPS) is 32.2. The number of piperidine rings is 2. The Bertz CT molecular complexity index is 1180. The van der Waals surface area contributed by atoms with E-state index in [0.29, 0.717) is 11.8 Å². The van der Waals surface area contributed by atoms with Crippen molar-refractivity contribution >= 4 is 33.4 Å². The van der Waals surface area contributed by atoms with Crippen LogP contribution in [0.1, 0.15) is 62.7 Å². The largest absolute Gasteiger partial charge is 0.378 e.